The molecule has 6 heteroatoms. The molecule has 0 N–H and O–H groups in total. The normalized spacial score (nSPS) is 19.1. The predicted molar refractivity (Wildman–Crippen MR) is 104 cm³/mol. The van der Waals surface area contributed by atoms with Gasteiger partial charge in [-0.15, -0.1) is 11.3 Å². The Morgan fingerprint density at radius 2 is 2.04 bits per heavy atom. The monoisotopic (exact) mass is 366 g/mol. The topological polar surface area (TPSA) is 51.1 Å². The van der Waals surface area contributed by atoms with E-state index in [0.717, 1.165) is 61.5 Å². The maximum Gasteiger partial charge on any atom is 0.165 e. The lowest BCUT2D eigenvalue weighted by atomic mass is 9.85. The second kappa shape index (κ2) is 5.99. The van der Waals surface area contributed by atoms with Gasteiger partial charge in [-0.3, -0.25) is 0 Å². The maximum atomic E-state index is 6.34. The summed E-state index contributed by atoms with van der Waals surface area (Å²) >= 11 is 1.86. The number of thiophene rings is 1. The molecule has 3 aromatic heterocycles. The van der Waals surface area contributed by atoms with Crippen LogP contribution in [0.2, 0.25) is 0 Å². The first-order valence-electron chi connectivity index (χ1n) is 9.21. The van der Waals surface area contributed by atoms with Crippen molar-refractivity contribution in [2.75, 3.05) is 24.6 Å². The summed E-state index contributed by atoms with van der Waals surface area (Å²) in [5.41, 5.74) is 4.38. The highest BCUT2D eigenvalue weighted by molar-refractivity contribution is 7.10. The van der Waals surface area contributed by atoms with Gasteiger partial charge in [-0.25, -0.2) is 15.0 Å². The number of ether oxygens (including phenoxy) is 1. The van der Waals surface area contributed by atoms with Crippen LogP contribution in [-0.4, -0.2) is 34.6 Å². The third-order valence-corrected chi connectivity index (χ3v) is 6.83. The van der Waals surface area contributed by atoms with Gasteiger partial charge in [0.15, 0.2) is 5.65 Å². The zero-order valence-electron chi connectivity index (χ0n) is 15.2. The molecule has 0 aliphatic carbocycles. The number of hydrogen-bond acceptors (Lipinski definition) is 6. The standard InChI is InChI=1S/C20H22N4OS/c1-13-11-14(2)23-18-16(13)19(22-12-21-18)24-7-5-20(6-8-24)17-15(3-9-25-20)4-10-26-17/h4,10-12H,3,5-9H2,1-2H3. The summed E-state index contributed by atoms with van der Waals surface area (Å²) in [6.07, 6.45) is 4.70. The smallest absolute Gasteiger partial charge is 0.165 e. The number of pyridine rings is 1. The average molecular weight is 366 g/mol. The lowest BCUT2D eigenvalue weighted by molar-refractivity contribution is -0.0735. The molecule has 26 heavy (non-hydrogen) atoms. The van der Waals surface area contributed by atoms with Crippen molar-refractivity contribution in [1.29, 1.82) is 0 Å². The van der Waals surface area contributed by atoms with Crippen LogP contribution in [0.25, 0.3) is 11.0 Å². The molecule has 0 atom stereocenters. The van der Waals surface area contributed by atoms with Gasteiger partial charge in [0.2, 0.25) is 0 Å². The molecule has 5 nitrogen and oxygen atoms in total. The van der Waals surface area contributed by atoms with E-state index in [0.29, 0.717) is 0 Å². The molecular weight excluding hydrogens is 344 g/mol. The number of fused-ring (bicyclic) bond motifs is 3. The number of aromatic nitrogens is 3. The Morgan fingerprint density at radius 1 is 1.19 bits per heavy atom. The minimum atomic E-state index is -0.0923. The first kappa shape index (κ1) is 16.1. The van der Waals surface area contributed by atoms with Gasteiger partial charge in [0, 0.05) is 23.7 Å². The van der Waals surface area contributed by atoms with E-state index in [2.05, 4.69) is 44.3 Å². The quantitative estimate of drug-likeness (QED) is 0.656. The molecule has 1 fully saturated rings. The second-order valence-corrected chi connectivity index (χ2v) is 8.25. The molecule has 134 valence electrons. The minimum absolute atomic E-state index is 0.0923. The van der Waals surface area contributed by atoms with Gasteiger partial charge in [-0.05, 0) is 61.7 Å². The molecule has 2 aliphatic heterocycles. The molecule has 0 amide bonds. The number of hydrogen-bond donors (Lipinski definition) is 0. The van der Waals surface area contributed by atoms with Gasteiger partial charge < -0.3 is 9.64 Å². The summed E-state index contributed by atoms with van der Waals surface area (Å²) in [6, 6.07) is 4.38. The van der Waals surface area contributed by atoms with Crippen LogP contribution in [0.15, 0.2) is 23.8 Å². The van der Waals surface area contributed by atoms with E-state index in [9.17, 15) is 0 Å². The highest BCUT2D eigenvalue weighted by Gasteiger charge is 2.42. The zero-order valence-corrected chi connectivity index (χ0v) is 16.0. The molecule has 0 aromatic carbocycles. The fraction of sp³-hybridized carbons (Fsp3) is 0.450. The van der Waals surface area contributed by atoms with E-state index in [1.54, 1.807) is 6.33 Å². The Labute approximate surface area is 157 Å². The lowest BCUT2D eigenvalue weighted by Gasteiger charge is -2.44. The first-order chi connectivity index (χ1) is 12.7. The predicted octanol–water partition coefficient (Wildman–Crippen LogP) is 3.77. The minimum Gasteiger partial charge on any atom is -0.369 e. The molecule has 0 radical (unpaired) electrons. The van der Waals surface area contributed by atoms with Crippen molar-refractivity contribution in [3.63, 3.8) is 0 Å². The van der Waals surface area contributed by atoms with E-state index in [-0.39, 0.29) is 5.60 Å². The molecule has 3 aromatic rings. The lowest BCUT2D eigenvalue weighted by Crippen LogP contribution is -2.46. The Kier molecular flexibility index (Phi) is 3.72. The van der Waals surface area contributed by atoms with E-state index in [1.165, 1.54) is 16.0 Å². The van der Waals surface area contributed by atoms with Crippen molar-refractivity contribution in [1.82, 2.24) is 15.0 Å². The Hall–Kier alpha value is -2.05. The van der Waals surface area contributed by atoms with Crippen LogP contribution in [0.3, 0.4) is 0 Å². The summed E-state index contributed by atoms with van der Waals surface area (Å²) in [5, 5.41) is 3.29. The molecule has 0 bridgehead atoms. The molecule has 1 spiro atoms. The fourth-order valence-electron chi connectivity index (χ4n) is 4.43. The molecule has 2 aliphatic rings. The third kappa shape index (κ3) is 2.43. The molecule has 5 rings (SSSR count). The van der Waals surface area contributed by atoms with Gasteiger partial charge in [-0.2, -0.15) is 0 Å². The maximum absolute atomic E-state index is 6.34. The van der Waals surface area contributed by atoms with Crippen molar-refractivity contribution in [2.24, 2.45) is 0 Å². The number of nitrogens with zero attached hydrogens (tertiary/aromatic N) is 4. The highest BCUT2D eigenvalue weighted by Crippen LogP contribution is 2.45. The second-order valence-electron chi connectivity index (χ2n) is 7.33. The number of piperidine rings is 1. The van der Waals surface area contributed by atoms with Crippen molar-refractivity contribution in [3.8, 4) is 0 Å². The average Bonchev–Trinajstić information content (AvgIpc) is 3.12. The number of aryl methyl sites for hydroxylation is 2. The Balaban J connectivity index is 1.48. The largest absolute Gasteiger partial charge is 0.369 e. The van der Waals surface area contributed by atoms with Crippen LogP contribution in [0.1, 0.15) is 34.5 Å². The highest BCUT2D eigenvalue weighted by atomic mass is 32.1. The van der Waals surface area contributed by atoms with Gasteiger partial charge in [-0.1, -0.05) is 0 Å². The summed E-state index contributed by atoms with van der Waals surface area (Å²) in [6.45, 7) is 6.85. The Morgan fingerprint density at radius 3 is 2.88 bits per heavy atom. The zero-order chi connectivity index (χ0) is 17.7. The van der Waals surface area contributed by atoms with Crippen molar-refractivity contribution in [2.45, 2.75) is 38.7 Å². The van der Waals surface area contributed by atoms with Crippen molar-refractivity contribution < 1.29 is 4.74 Å². The third-order valence-electron chi connectivity index (χ3n) is 5.69. The molecule has 1 saturated heterocycles. The molecule has 0 saturated carbocycles. The molecule has 0 unspecified atom stereocenters. The summed E-state index contributed by atoms with van der Waals surface area (Å²) < 4.78 is 6.34. The van der Waals surface area contributed by atoms with Crippen LogP contribution in [-0.2, 0) is 16.8 Å². The SMILES string of the molecule is Cc1cc(C)c2c(N3CCC4(CC3)OCCc3ccsc34)ncnc2n1. The van der Waals surface area contributed by atoms with E-state index >= 15 is 0 Å². The van der Waals surface area contributed by atoms with E-state index < -0.39 is 0 Å². The molecular formula is C20H22N4OS. The van der Waals surface area contributed by atoms with Crippen LogP contribution < -0.4 is 4.90 Å². The van der Waals surface area contributed by atoms with Gasteiger partial charge in [0.25, 0.3) is 0 Å². The van der Waals surface area contributed by atoms with Gasteiger partial charge in [0.05, 0.1) is 12.0 Å². The summed E-state index contributed by atoms with van der Waals surface area (Å²) in [5.74, 6) is 1.01. The van der Waals surface area contributed by atoms with E-state index in [1.807, 2.05) is 18.3 Å². The van der Waals surface area contributed by atoms with Crippen molar-refractivity contribution in [3.05, 3.63) is 45.5 Å². The van der Waals surface area contributed by atoms with E-state index in [4.69, 9.17) is 4.74 Å². The van der Waals surface area contributed by atoms with Crippen LogP contribution >= 0.6 is 11.3 Å². The van der Waals surface area contributed by atoms with Crippen LogP contribution in [0.4, 0.5) is 5.82 Å². The van der Waals surface area contributed by atoms with Crippen LogP contribution in [0, 0.1) is 13.8 Å². The van der Waals surface area contributed by atoms with Crippen LogP contribution in [0.5, 0.6) is 0 Å². The molecule has 5 heterocycles. The summed E-state index contributed by atoms with van der Waals surface area (Å²) in [4.78, 5) is 17.4. The number of rotatable bonds is 1. The Bertz CT molecular complexity index is 975. The fourth-order valence-corrected chi connectivity index (χ4v) is 5.60. The van der Waals surface area contributed by atoms with Gasteiger partial charge >= 0.3 is 0 Å². The van der Waals surface area contributed by atoms with Crippen molar-refractivity contribution >= 4 is 28.2 Å². The van der Waals surface area contributed by atoms with Gasteiger partial charge in [0.1, 0.15) is 17.7 Å². The first-order valence-corrected chi connectivity index (χ1v) is 10.1. The number of anilines is 1. The summed E-state index contributed by atoms with van der Waals surface area (Å²) in [7, 11) is 0.